The summed E-state index contributed by atoms with van der Waals surface area (Å²) in [6.07, 6.45) is -0.994. The molecule has 4 rings (SSSR count). The largest absolute Gasteiger partial charge is 0.493 e. The SMILES string of the molecule is CC1CCC(COc2cc(F)c(-c3cc(F)c4c(F)c(C#CC(F)(F)F)c(F)cc4c3)c(F)c2)CC1. The first-order valence-electron chi connectivity index (χ1n) is 11.3. The maximum absolute atomic E-state index is 14.9. The molecule has 0 heterocycles. The molecule has 3 aromatic carbocycles. The van der Waals surface area contributed by atoms with E-state index in [0.717, 1.165) is 49.8 Å². The number of fused-ring (bicyclic) bond motifs is 1. The fourth-order valence-corrected chi connectivity index (χ4v) is 4.42. The molecular weight excluding hydrogens is 492 g/mol. The summed E-state index contributed by atoms with van der Waals surface area (Å²) in [6.45, 7) is 2.47. The predicted octanol–water partition coefficient (Wildman–Crippen LogP) is 8.32. The van der Waals surface area contributed by atoms with Gasteiger partial charge < -0.3 is 4.74 Å². The molecule has 0 atom stereocenters. The van der Waals surface area contributed by atoms with Gasteiger partial charge >= 0.3 is 6.18 Å². The lowest BCUT2D eigenvalue weighted by atomic mass is 9.83. The highest BCUT2D eigenvalue weighted by Crippen LogP contribution is 2.36. The first-order valence-corrected chi connectivity index (χ1v) is 11.3. The molecule has 1 aliphatic carbocycles. The Morgan fingerprint density at radius 2 is 1.47 bits per heavy atom. The molecule has 0 amide bonds. The first-order chi connectivity index (χ1) is 16.9. The molecule has 1 nitrogen and oxygen atoms in total. The van der Waals surface area contributed by atoms with E-state index in [-0.39, 0.29) is 17.2 Å². The van der Waals surface area contributed by atoms with Gasteiger partial charge in [0.05, 0.1) is 23.1 Å². The van der Waals surface area contributed by atoms with Crippen LogP contribution in [0.25, 0.3) is 21.9 Å². The molecule has 0 bridgehead atoms. The zero-order valence-corrected chi connectivity index (χ0v) is 19.0. The molecule has 1 fully saturated rings. The minimum atomic E-state index is -5.02. The van der Waals surface area contributed by atoms with Gasteiger partial charge in [-0.05, 0) is 53.8 Å². The maximum atomic E-state index is 14.9. The second-order valence-corrected chi connectivity index (χ2v) is 9.05. The highest BCUT2D eigenvalue weighted by molar-refractivity contribution is 5.90. The Labute approximate surface area is 202 Å². The van der Waals surface area contributed by atoms with Crippen LogP contribution in [0.4, 0.5) is 35.1 Å². The van der Waals surface area contributed by atoms with Gasteiger partial charge in [0.2, 0.25) is 0 Å². The number of hydrogen-bond donors (Lipinski definition) is 0. The summed E-state index contributed by atoms with van der Waals surface area (Å²) < 4.78 is 116. The zero-order chi connectivity index (χ0) is 26.2. The first kappa shape index (κ1) is 25.8. The quantitative estimate of drug-likeness (QED) is 0.252. The van der Waals surface area contributed by atoms with E-state index in [1.807, 2.05) is 0 Å². The van der Waals surface area contributed by atoms with Crippen LogP contribution < -0.4 is 4.74 Å². The average Bonchev–Trinajstić information content (AvgIpc) is 2.77. The zero-order valence-electron chi connectivity index (χ0n) is 19.0. The van der Waals surface area contributed by atoms with E-state index >= 15 is 0 Å². The van der Waals surface area contributed by atoms with Crippen LogP contribution in [0, 0.1) is 52.8 Å². The van der Waals surface area contributed by atoms with Gasteiger partial charge in [-0.1, -0.05) is 25.7 Å². The fraction of sp³-hybridized carbons (Fsp3) is 0.333. The smallest absolute Gasteiger partial charge is 0.458 e. The standard InChI is InChI=1S/C27H20F8O/c1-14-2-4-15(5-3-14)13-36-18-11-22(30)24(23(31)12-18)16-8-17-9-20(28)19(6-7-27(33,34)35)26(32)25(17)21(29)10-16/h8-12,14-15H,2-5,13H2,1H3. The van der Waals surface area contributed by atoms with Gasteiger partial charge in [-0.15, -0.1) is 0 Å². The van der Waals surface area contributed by atoms with Gasteiger partial charge in [-0.2, -0.15) is 13.2 Å². The molecule has 190 valence electrons. The highest BCUT2D eigenvalue weighted by atomic mass is 19.4. The Morgan fingerprint density at radius 3 is 2.08 bits per heavy atom. The Bertz CT molecular complexity index is 1340. The van der Waals surface area contributed by atoms with Crippen molar-refractivity contribution in [2.45, 2.75) is 38.8 Å². The van der Waals surface area contributed by atoms with E-state index in [9.17, 15) is 35.1 Å². The van der Waals surface area contributed by atoms with Crippen LogP contribution >= 0.6 is 0 Å². The van der Waals surface area contributed by atoms with E-state index in [1.54, 1.807) is 0 Å². The van der Waals surface area contributed by atoms with Gasteiger partial charge in [-0.25, -0.2) is 22.0 Å². The average molecular weight is 512 g/mol. The summed E-state index contributed by atoms with van der Waals surface area (Å²) >= 11 is 0. The molecule has 0 aromatic heterocycles. The van der Waals surface area contributed by atoms with Crippen LogP contribution in [0.2, 0.25) is 0 Å². The van der Waals surface area contributed by atoms with Crippen LogP contribution in [0.3, 0.4) is 0 Å². The van der Waals surface area contributed by atoms with Crippen molar-refractivity contribution in [1.29, 1.82) is 0 Å². The van der Waals surface area contributed by atoms with Crippen molar-refractivity contribution >= 4 is 10.8 Å². The van der Waals surface area contributed by atoms with Crippen molar-refractivity contribution in [2.75, 3.05) is 6.61 Å². The number of alkyl halides is 3. The molecule has 0 unspecified atom stereocenters. The van der Waals surface area contributed by atoms with Crippen LogP contribution in [-0.2, 0) is 0 Å². The van der Waals surface area contributed by atoms with Crippen LogP contribution in [0.15, 0.2) is 30.3 Å². The Hall–Kier alpha value is -3.28. The lowest BCUT2D eigenvalue weighted by Gasteiger charge is -2.26. The summed E-state index contributed by atoms with van der Waals surface area (Å²) in [7, 11) is 0. The summed E-state index contributed by atoms with van der Waals surface area (Å²) in [5.74, 6) is -3.69. The molecule has 0 spiro atoms. The third kappa shape index (κ3) is 5.58. The van der Waals surface area contributed by atoms with Crippen molar-refractivity contribution in [2.24, 2.45) is 11.8 Å². The topological polar surface area (TPSA) is 9.23 Å². The summed E-state index contributed by atoms with van der Waals surface area (Å²) in [5.41, 5.74) is -2.26. The number of ether oxygens (including phenoxy) is 1. The van der Waals surface area contributed by atoms with Crippen molar-refractivity contribution in [1.82, 2.24) is 0 Å². The predicted molar refractivity (Wildman–Crippen MR) is 119 cm³/mol. The summed E-state index contributed by atoms with van der Waals surface area (Å²) in [4.78, 5) is 0. The van der Waals surface area contributed by atoms with Crippen LogP contribution in [0.5, 0.6) is 5.75 Å². The molecule has 36 heavy (non-hydrogen) atoms. The Balaban J connectivity index is 1.66. The van der Waals surface area contributed by atoms with E-state index in [0.29, 0.717) is 24.7 Å². The summed E-state index contributed by atoms with van der Waals surface area (Å²) in [5, 5.41) is -1.29. The molecule has 0 N–H and O–H groups in total. The van der Waals surface area contributed by atoms with Crippen molar-refractivity contribution < 1.29 is 39.9 Å². The number of benzene rings is 3. The summed E-state index contributed by atoms with van der Waals surface area (Å²) in [6, 6.07) is 4.02. The normalized spacial score (nSPS) is 18.1. The molecule has 0 aliphatic heterocycles. The minimum Gasteiger partial charge on any atom is -0.493 e. The highest BCUT2D eigenvalue weighted by Gasteiger charge is 2.25. The third-order valence-electron chi connectivity index (χ3n) is 6.34. The van der Waals surface area contributed by atoms with Gasteiger partial charge in [0.1, 0.15) is 29.0 Å². The molecule has 0 saturated heterocycles. The maximum Gasteiger partial charge on any atom is 0.458 e. The number of halogens is 8. The van der Waals surface area contributed by atoms with Gasteiger partial charge in [0.25, 0.3) is 0 Å². The Morgan fingerprint density at radius 1 is 0.833 bits per heavy atom. The lowest BCUT2D eigenvalue weighted by molar-refractivity contribution is -0.0696. The van der Waals surface area contributed by atoms with Crippen molar-refractivity contribution in [3.05, 3.63) is 65.0 Å². The van der Waals surface area contributed by atoms with E-state index in [2.05, 4.69) is 6.92 Å². The monoisotopic (exact) mass is 512 g/mol. The minimum absolute atomic E-state index is 0.0430. The van der Waals surface area contributed by atoms with E-state index < -0.39 is 57.2 Å². The number of rotatable bonds is 4. The third-order valence-corrected chi connectivity index (χ3v) is 6.34. The van der Waals surface area contributed by atoms with Crippen molar-refractivity contribution in [3.63, 3.8) is 0 Å². The fourth-order valence-electron chi connectivity index (χ4n) is 4.42. The molecule has 9 heteroatoms. The van der Waals surface area contributed by atoms with E-state index in [1.165, 1.54) is 5.92 Å². The lowest BCUT2D eigenvalue weighted by Crippen LogP contribution is -2.18. The van der Waals surface area contributed by atoms with Crippen LogP contribution in [0.1, 0.15) is 38.2 Å². The molecule has 0 radical (unpaired) electrons. The molecule has 1 saturated carbocycles. The second kappa shape index (κ2) is 10.00. The number of hydrogen-bond acceptors (Lipinski definition) is 1. The van der Waals surface area contributed by atoms with E-state index in [4.69, 9.17) is 4.74 Å². The van der Waals surface area contributed by atoms with Crippen LogP contribution in [-0.4, -0.2) is 12.8 Å². The Kier molecular flexibility index (Phi) is 7.17. The van der Waals surface area contributed by atoms with Gasteiger partial charge in [-0.3, -0.25) is 0 Å². The van der Waals surface area contributed by atoms with Gasteiger partial charge in [0, 0.05) is 18.1 Å². The molecular formula is C27H20F8O. The second-order valence-electron chi connectivity index (χ2n) is 9.05. The molecule has 1 aliphatic rings. The van der Waals surface area contributed by atoms with Crippen molar-refractivity contribution in [3.8, 4) is 28.7 Å². The molecule has 3 aromatic rings. The van der Waals surface area contributed by atoms with Gasteiger partial charge in [0.15, 0.2) is 5.82 Å².